The maximum absolute atomic E-state index is 13.2. The molecule has 3 amide bonds. The molecule has 2 saturated heterocycles. The minimum absolute atomic E-state index is 0.0142. The van der Waals surface area contributed by atoms with Crippen molar-refractivity contribution in [2.24, 2.45) is 11.7 Å². The third kappa shape index (κ3) is 5.17. The third-order valence-electron chi connectivity index (χ3n) is 5.25. The largest absolute Gasteiger partial charge is 0.381 e. The summed E-state index contributed by atoms with van der Waals surface area (Å²) >= 11 is 0. The predicted molar refractivity (Wildman–Crippen MR) is 99.7 cm³/mol. The molecule has 148 valence electrons. The number of piperidine rings is 1. The van der Waals surface area contributed by atoms with Gasteiger partial charge in [-0.3, -0.25) is 4.79 Å². The molecule has 0 spiro atoms. The molecule has 1 unspecified atom stereocenters. The molecular formula is C19H27FN4O3. The number of likely N-dealkylation sites (tertiary alicyclic amines) is 1. The Hall–Kier alpha value is -2.19. The maximum Gasteiger partial charge on any atom is 0.319 e. The van der Waals surface area contributed by atoms with E-state index < -0.39 is 11.4 Å². The number of carbonyl (C=O) groups excluding carboxylic acids is 2. The Morgan fingerprint density at radius 2 is 2.11 bits per heavy atom. The monoisotopic (exact) mass is 378 g/mol. The van der Waals surface area contributed by atoms with Gasteiger partial charge in [0.1, 0.15) is 5.82 Å². The number of benzene rings is 1. The lowest BCUT2D eigenvalue weighted by Crippen LogP contribution is -2.60. The zero-order chi connectivity index (χ0) is 19.3. The fourth-order valence-corrected chi connectivity index (χ4v) is 3.66. The van der Waals surface area contributed by atoms with E-state index in [4.69, 9.17) is 10.5 Å². The van der Waals surface area contributed by atoms with E-state index in [1.165, 1.54) is 18.2 Å². The lowest BCUT2D eigenvalue weighted by molar-refractivity contribution is -0.142. The van der Waals surface area contributed by atoms with Crippen molar-refractivity contribution in [3.63, 3.8) is 0 Å². The second-order valence-corrected chi connectivity index (χ2v) is 7.37. The zero-order valence-electron chi connectivity index (χ0n) is 15.4. The number of hydrogen-bond donors (Lipinski definition) is 3. The highest BCUT2D eigenvalue weighted by Gasteiger charge is 2.40. The van der Waals surface area contributed by atoms with Crippen LogP contribution < -0.4 is 16.4 Å². The molecule has 3 rings (SSSR count). The van der Waals surface area contributed by atoms with E-state index in [1.807, 2.05) is 4.90 Å². The lowest BCUT2D eigenvalue weighted by atomic mass is 9.88. The number of anilines is 1. The number of nitrogens with one attached hydrogen (secondary N) is 2. The lowest BCUT2D eigenvalue weighted by Gasteiger charge is -2.40. The van der Waals surface area contributed by atoms with Crippen molar-refractivity contribution in [1.29, 1.82) is 0 Å². The number of ether oxygens (including phenoxy) is 1. The molecule has 0 radical (unpaired) electrons. The molecule has 2 heterocycles. The minimum atomic E-state index is -0.831. The molecule has 0 bridgehead atoms. The van der Waals surface area contributed by atoms with E-state index in [0.717, 1.165) is 12.8 Å². The maximum atomic E-state index is 13.2. The zero-order valence-corrected chi connectivity index (χ0v) is 15.4. The Bertz CT molecular complexity index is 679. The molecule has 4 N–H and O–H groups in total. The van der Waals surface area contributed by atoms with E-state index in [2.05, 4.69) is 10.6 Å². The standard InChI is InChI=1S/C19H27FN4O3/c20-15-4-1-5-16(11-15)23-18(26)22-12-14-3-2-8-24(13-14)17(25)19(21)6-9-27-10-7-19/h1,4-5,11,14H,2-3,6-10,12-13,21H2,(H2,22,23,26). The van der Waals surface area contributed by atoms with Crippen molar-refractivity contribution in [3.8, 4) is 0 Å². The fourth-order valence-electron chi connectivity index (χ4n) is 3.66. The second kappa shape index (κ2) is 8.67. The van der Waals surface area contributed by atoms with Crippen LogP contribution in [0.25, 0.3) is 0 Å². The van der Waals surface area contributed by atoms with Crippen LogP contribution in [-0.2, 0) is 9.53 Å². The van der Waals surface area contributed by atoms with Crippen LogP contribution in [0.5, 0.6) is 0 Å². The quantitative estimate of drug-likeness (QED) is 0.743. The van der Waals surface area contributed by atoms with Crippen LogP contribution >= 0.6 is 0 Å². The van der Waals surface area contributed by atoms with Crippen LogP contribution in [0, 0.1) is 11.7 Å². The smallest absolute Gasteiger partial charge is 0.319 e. The number of hydrogen-bond acceptors (Lipinski definition) is 4. The normalized spacial score (nSPS) is 22.1. The minimum Gasteiger partial charge on any atom is -0.381 e. The first-order chi connectivity index (χ1) is 13.0. The molecule has 1 atom stereocenters. The van der Waals surface area contributed by atoms with Gasteiger partial charge in [0, 0.05) is 38.5 Å². The van der Waals surface area contributed by atoms with Crippen LogP contribution in [0.2, 0.25) is 0 Å². The summed E-state index contributed by atoms with van der Waals surface area (Å²) in [7, 11) is 0. The second-order valence-electron chi connectivity index (χ2n) is 7.37. The molecule has 0 saturated carbocycles. The number of amides is 3. The molecule has 0 aliphatic carbocycles. The molecule has 7 nitrogen and oxygen atoms in total. The summed E-state index contributed by atoms with van der Waals surface area (Å²) in [4.78, 5) is 26.7. The highest BCUT2D eigenvalue weighted by atomic mass is 19.1. The summed E-state index contributed by atoms with van der Waals surface area (Å²) < 4.78 is 18.5. The first-order valence-corrected chi connectivity index (χ1v) is 9.43. The molecule has 0 aromatic heterocycles. The van der Waals surface area contributed by atoms with Gasteiger partial charge >= 0.3 is 6.03 Å². The van der Waals surface area contributed by atoms with Gasteiger partial charge in [-0.05, 0) is 49.8 Å². The first kappa shape index (κ1) is 19.6. The topological polar surface area (TPSA) is 96.7 Å². The van der Waals surface area contributed by atoms with E-state index in [-0.39, 0.29) is 17.9 Å². The van der Waals surface area contributed by atoms with Gasteiger partial charge in [-0.2, -0.15) is 0 Å². The number of nitrogens with two attached hydrogens (primary N) is 1. The predicted octanol–water partition coefficient (Wildman–Crippen LogP) is 1.69. The van der Waals surface area contributed by atoms with Gasteiger partial charge in [-0.25, -0.2) is 9.18 Å². The van der Waals surface area contributed by atoms with Crippen molar-refractivity contribution in [3.05, 3.63) is 30.1 Å². The van der Waals surface area contributed by atoms with Crippen LogP contribution in [0.3, 0.4) is 0 Å². The fraction of sp³-hybridized carbons (Fsp3) is 0.579. The number of rotatable bonds is 4. The summed E-state index contributed by atoms with van der Waals surface area (Å²) in [6.45, 7) is 2.76. The van der Waals surface area contributed by atoms with E-state index in [9.17, 15) is 14.0 Å². The average molecular weight is 378 g/mol. The first-order valence-electron chi connectivity index (χ1n) is 9.43. The van der Waals surface area contributed by atoms with Crippen LogP contribution in [0.15, 0.2) is 24.3 Å². The number of urea groups is 1. The van der Waals surface area contributed by atoms with E-state index in [1.54, 1.807) is 6.07 Å². The number of nitrogens with zero attached hydrogens (tertiary/aromatic N) is 1. The molecule has 2 fully saturated rings. The average Bonchev–Trinajstić information content (AvgIpc) is 2.67. The third-order valence-corrected chi connectivity index (χ3v) is 5.25. The Morgan fingerprint density at radius 1 is 1.33 bits per heavy atom. The summed E-state index contributed by atoms with van der Waals surface area (Å²) in [5.74, 6) is -0.248. The van der Waals surface area contributed by atoms with Gasteiger partial charge in [-0.15, -0.1) is 0 Å². The summed E-state index contributed by atoms with van der Waals surface area (Å²) in [6.07, 6.45) is 2.91. The molecular weight excluding hydrogens is 351 g/mol. The van der Waals surface area contributed by atoms with Crippen molar-refractivity contribution in [2.45, 2.75) is 31.2 Å². The van der Waals surface area contributed by atoms with Gasteiger partial charge in [0.25, 0.3) is 0 Å². The van der Waals surface area contributed by atoms with Gasteiger partial charge in [0.05, 0.1) is 5.54 Å². The number of carbonyl (C=O) groups is 2. The molecule has 27 heavy (non-hydrogen) atoms. The molecule has 8 heteroatoms. The SMILES string of the molecule is NC1(C(=O)N2CCCC(CNC(=O)Nc3cccc(F)c3)C2)CCOCC1. The van der Waals surface area contributed by atoms with Gasteiger partial charge < -0.3 is 26.0 Å². The van der Waals surface area contributed by atoms with Gasteiger partial charge in [-0.1, -0.05) is 6.07 Å². The molecule has 2 aliphatic rings. The van der Waals surface area contributed by atoms with Crippen molar-refractivity contribution in [2.75, 3.05) is 38.2 Å². The Labute approximate surface area is 158 Å². The van der Waals surface area contributed by atoms with E-state index in [0.29, 0.717) is 51.4 Å². The van der Waals surface area contributed by atoms with Gasteiger partial charge in [0.15, 0.2) is 0 Å². The Morgan fingerprint density at radius 3 is 2.85 bits per heavy atom. The molecule has 1 aromatic rings. The van der Waals surface area contributed by atoms with Crippen molar-refractivity contribution < 1.29 is 18.7 Å². The van der Waals surface area contributed by atoms with Crippen LogP contribution in [0.1, 0.15) is 25.7 Å². The Kier molecular flexibility index (Phi) is 6.28. The molecule has 1 aromatic carbocycles. The van der Waals surface area contributed by atoms with Crippen LogP contribution in [-0.4, -0.2) is 55.2 Å². The number of halogens is 1. The van der Waals surface area contributed by atoms with Crippen molar-refractivity contribution in [1.82, 2.24) is 10.2 Å². The highest BCUT2D eigenvalue weighted by Crippen LogP contribution is 2.24. The van der Waals surface area contributed by atoms with Gasteiger partial charge in [0.2, 0.25) is 5.91 Å². The highest BCUT2D eigenvalue weighted by molar-refractivity contribution is 5.89. The van der Waals surface area contributed by atoms with Crippen molar-refractivity contribution >= 4 is 17.6 Å². The summed E-state index contributed by atoms with van der Waals surface area (Å²) in [5.41, 5.74) is 5.89. The summed E-state index contributed by atoms with van der Waals surface area (Å²) in [5, 5.41) is 5.42. The van der Waals surface area contributed by atoms with Crippen LogP contribution in [0.4, 0.5) is 14.9 Å². The Balaban J connectivity index is 1.48. The summed E-state index contributed by atoms with van der Waals surface area (Å²) in [6, 6.07) is 5.35. The molecule has 2 aliphatic heterocycles. The van der Waals surface area contributed by atoms with E-state index >= 15 is 0 Å².